The molecule has 0 aliphatic carbocycles. The van der Waals surface area contributed by atoms with E-state index in [1.165, 1.54) is 0 Å². The van der Waals surface area contributed by atoms with Crippen LogP contribution in [0.15, 0.2) is 12.1 Å². The third-order valence-corrected chi connectivity index (χ3v) is 3.07. The Labute approximate surface area is 108 Å². The molecule has 3 nitrogen and oxygen atoms in total. The summed E-state index contributed by atoms with van der Waals surface area (Å²) in [6, 6.07) is 3.50. The molecule has 1 aromatic rings. The molecular formula is C14H21FN2O. The van der Waals surface area contributed by atoms with E-state index in [4.69, 9.17) is 5.73 Å². The minimum Gasteiger partial charge on any atom is -0.352 e. The molecule has 0 unspecified atom stereocenters. The second-order valence-electron chi connectivity index (χ2n) is 5.31. The molecule has 18 heavy (non-hydrogen) atoms. The van der Waals surface area contributed by atoms with Crippen molar-refractivity contribution in [1.82, 2.24) is 5.32 Å². The minimum atomic E-state index is -0.579. The number of aryl methyl sites for hydroxylation is 2. The van der Waals surface area contributed by atoms with Crippen LogP contribution in [0, 0.1) is 25.1 Å². The number of carbonyl (C=O) groups is 1. The van der Waals surface area contributed by atoms with Crippen molar-refractivity contribution < 1.29 is 9.18 Å². The Morgan fingerprint density at radius 2 is 1.83 bits per heavy atom. The highest BCUT2D eigenvalue weighted by Gasteiger charge is 2.25. The van der Waals surface area contributed by atoms with Crippen LogP contribution in [0.3, 0.4) is 0 Å². The van der Waals surface area contributed by atoms with Gasteiger partial charge >= 0.3 is 0 Å². The first-order chi connectivity index (χ1) is 8.27. The van der Waals surface area contributed by atoms with E-state index < -0.39 is 5.41 Å². The first-order valence-corrected chi connectivity index (χ1v) is 6.02. The van der Waals surface area contributed by atoms with Gasteiger partial charge in [-0.1, -0.05) is 12.1 Å². The largest absolute Gasteiger partial charge is 0.352 e. The molecule has 3 N–H and O–H groups in total. The van der Waals surface area contributed by atoms with E-state index in [0.29, 0.717) is 24.2 Å². The predicted molar refractivity (Wildman–Crippen MR) is 70.6 cm³/mol. The molecule has 0 saturated carbocycles. The first kappa shape index (κ1) is 14.6. The Kier molecular flexibility index (Phi) is 4.46. The number of carbonyl (C=O) groups excluding carboxylic acids is 1. The van der Waals surface area contributed by atoms with Gasteiger partial charge in [0.15, 0.2) is 0 Å². The van der Waals surface area contributed by atoms with Crippen molar-refractivity contribution in [2.45, 2.75) is 34.2 Å². The predicted octanol–water partition coefficient (Wildman–Crippen LogP) is 2.04. The third kappa shape index (κ3) is 3.29. The normalized spacial score (nSPS) is 11.4. The van der Waals surface area contributed by atoms with Crippen LogP contribution >= 0.6 is 0 Å². The van der Waals surface area contributed by atoms with E-state index in [1.807, 2.05) is 0 Å². The fourth-order valence-electron chi connectivity index (χ4n) is 1.65. The van der Waals surface area contributed by atoms with Crippen molar-refractivity contribution in [2.24, 2.45) is 11.1 Å². The van der Waals surface area contributed by atoms with Crippen LogP contribution in [-0.2, 0) is 11.3 Å². The average molecular weight is 252 g/mol. The third-order valence-electron chi connectivity index (χ3n) is 3.07. The smallest absolute Gasteiger partial charge is 0.227 e. The standard InChI is InChI=1S/C14H21FN2O/c1-9-5-11(6-10(2)12(9)15)7-17-13(18)14(3,4)8-16/h5-6H,7-8,16H2,1-4H3,(H,17,18). The zero-order valence-electron chi connectivity index (χ0n) is 11.4. The van der Waals surface area contributed by atoms with Crippen LogP contribution in [0.25, 0.3) is 0 Å². The molecular weight excluding hydrogens is 231 g/mol. The van der Waals surface area contributed by atoms with Crippen LogP contribution < -0.4 is 11.1 Å². The molecule has 1 amide bonds. The van der Waals surface area contributed by atoms with Gasteiger partial charge in [0, 0.05) is 13.1 Å². The van der Waals surface area contributed by atoms with Gasteiger partial charge in [0.2, 0.25) is 5.91 Å². The van der Waals surface area contributed by atoms with Crippen LogP contribution in [0.1, 0.15) is 30.5 Å². The zero-order chi connectivity index (χ0) is 13.9. The van der Waals surface area contributed by atoms with E-state index in [-0.39, 0.29) is 11.7 Å². The van der Waals surface area contributed by atoms with Gasteiger partial charge in [-0.2, -0.15) is 0 Å². The highest BCUT2D eigenvalue weighted by atomic mass is 19.1. The van der Waals surface area contributed by atoms with E-state index >= 15 is 0 Å². The van der Waals surface area contributed by atoms with Crippen molar-refractivity contribution in [3.63, 3.8) is 0 Å². The summed E-state index contributed by atoms with van der Waals surface area (Å²) in [5, 5.41) is 2.82. The zero-order valence-corrected chi connectivity index (χ0v) is 11.4. The number of benzene rings is 1. The molecule has 0 atom stereocenters. The molecule has 4 heteroatoms. The lowest BCUT2D eigenvalue weighted by atomic mass is 9.92. The topological polar surface area (TPSA) is 55.1 Å². The number of amides is 1. The summed E-state index contributed by atoms with van der Waals surface area (Å²) in [5.74, 6) is -0.281. The Morgan fingerprint density at radius 3 is 2.28 bits per heavy atom. The van der Waals surface area contributed by atoms with Gasteiger partial charge in [-0.3, -0.25) is 4.79 Å². The second kappa shape index (κ2) is 5.48. The molecule has 1 aromatic carbocycles. The summed E-state index contributed by atoms with van der Waals surface area (Å²) < 4.78 is 13.4. The molecule has 0 fully saturated rings. The van der Waals surface area contributed by atoms with E-state index in [1.54, 1.807) is 39.8 Å². The average Bonchev–Trinajstić information content (AvgIpc) is 2.32. The van der Waals surface area contributed by atoms with E-state index in [9.17, 15) is 9.18 Å². The number of rotatable bonds is 4. The lowest BCUT2D eigenvalue weighted by molar-refractivity contribution is -0.129. The summed E-state index contributed by atoms with van der Waals surface area (Å²) in [5.41, 5.74) is 7.04. The van der Waals surface area contributed by atoms with Crippen LogP contribution in [-0.4, -0.2) is 12.5 Å². The maximum absolute atomic E-state index is 13.4. The molecule has 0 bridgehead atoms. The summed E-state index contributed by atoms with van der Waals surface area (Å²) in [6.45, 7) is 7.71. The van der Waals surface area contributed by atoms with Crippen LogP contribution in [0.2, 0.25) is 0 Å². The van der Waals surface area contributed by atoms with Gasteiger partial charge in [0.05, 0.1) is 5.41 Å². The SMILES string of the molecule is Cc1cc(CNC(=O)C(C)(C)CN)cc(C)c1F. The summed E-state index contributed by atoms with van der Waals surface area (Å²) in [7, 11) is 0. The maximum Gasteiger partial charge on any atom is 0.227 e. The quantitative estimate of drug-likeness (QED) is 0.861. The van der Waals surface area contributed by atoms with Gasteiger partial charge in [0.25, 0.3) is 0 Å². The highest BCUT2D eigenvalue weighted by molar-refractivity contribution is 5.82. The number of nitrogens with one attached hydrogen (secondary N) is 1. The van der Waals surface area contributed by atoms with E-state index in [0.717, 1.165) is 5.56 Å². The van der Waals surface area contributed by atoms with Crippen LogP contribution in [0.5, 0.6) is 0 Å². The van der Waals surface area contributed by atoms with Gasteiger partial charge < -0.3 is 11.1 Å². The lowest BCUT2D eigenvalue weighted by Crippen LogP contribution is -2.41. The fourth-order valence-corrected chi connectivity index (χ4v) is 1.65. The molecule has 0 saturated heterocycles. The second-order valence-corrected chi connectivity index (χ2v) is 5.31. The Hall–Kier alpha value is -1.42. The summed E-state index contributed by atoms with van der Waals surface area (Å²) in [6.07, 6.45) is 0. The molecule has 0 aliphatic rings. The maximum atomic E-state index is 13.4. The molecule has 1 rings (SSSR count). The molecule has 0 radical (unpaired) electrons. The number of halogens is 1. The summed E-state index contributed by atoms with van der Waals surface area (Å²) >= 11 is 0. The Morgan fingerprint density at radius 1 is 1.33 bits per heavy atom. The lowest BCUT2D eigenvalue weighted by Gasteiger charge is -2.21. The van der Waals surface area contributed by atoms with Crippen LogP contribution in [0.4, 0.5) is 4.39 Å². The van der Waals surface area contributed by atoms with Crippen molar-refractivity contribution in [1.29, 1.82) is 0 Å². The van der Waals surface area contributed by atoms with Gasteiger partial charge in [0.1, 0.15) is 5.82 Å². The Bertz CT molecular complexity index is 432. The fraction of sp³-hybridized carbons (Fsp3) is 0.500. The molecule has 100 valence electrons. The number of hydrogen-bond acceptors (Lipinski definition) is 2. The first-order valence-electron chi connectivity index (χ1n) is 6.02. The highest BCUT2D eigenvalue weighted by Crippen LogP contribution is 2.16. The number of nitrogens with two attached hydrogens (primary N) is 1. The molecule has 0 heterocycles. The van der Waals surface area contributed by atoms with Gasteiger partial charge in [-0.05, 0) is 44.4 Å². The number of hydrogen-bond donors (Lipinski definition) is 2. The summed E-state index contributed by atoms with van der Waals surface area (Å²) in [4.78, 5) is 11.8. The van der Waals surface area contributed by atoms with Crippen molar-refractivity contribution in [3.8, 4) is 0 Å². The van der Waals surface area contributed by atoms with Crippen molar-refractivity contribution >= 4 is 5.91 Å². The molecule has 0 spiro atoms. The van der Waals surface area contributed by atoms with E-state index in [2.05, 4.69) is 5.32 Å². The Balaban J connectivity index is 2.73. The van der Waals surface area contributed by atoms with Gasteiger partial charge in [-0.25, -0.2) is 4.39 Å². The monoisotopic (exact) mass is 252 g/mol. The van der Waals surface area contributed by atoms with Crippen molar-refractivity contribution in [3.05, 3.63) is 34.6 Å². The van der Waals surface area contributed by atoms with Gasteiger partial charge in [-0.15, -0.1) is 0 Å². The molecule has 0 aliphatic heterocycles. The van der Waals surface area contributed by atoms with Crippen molar-refractivity contribution in [2.75, 3.05) is 6.54 Å². The minimum absolute atomic E-state index is 0.0929. The molecule has 0 aromatic heterocycles.